The molecule has 0 aromatic carbocycles. The van der Waals surface area contributed by atoms with E-state index in [1.54, 1.807) is 0 Å². The third-order valence-electron chi connectivity index (χ3n) is 6.11. The Morgan fingerprint density at radius 1 is 1.23 bits per heavy atom. The Morgan fingerprint density at radius 3 is 2.56 bits per heavy atom. The van der Waals surface area contributed by atoms with Crippen LogP contribution >= 0.6 is 0 Å². The molecule has 212 valence electrons. The number of ether oxygens (including phenoxy) is 2. The summed E-state index contributed by atoms with van der Waals surface area (Å²) in [6.45, 7) is 0.454. The van der Waals surface area contributed by atoms with Gasteiger partial charge in [-0.1, -0.05) is 0 Å². The number of halogens is 6. The van der Waals surface area contributed by atoms with Crippen LogP contribution in [0.2, 0.25) is 0 Å². The molecular weight excluding hydrogens is 558 g/mol. The van der Waals surface area contributed by atoms with E-state index in [2.05, 4.69) is 15.3 Å². The number of nitrogens with zero attached hydrogens (tertiary/aromatic N) is 3. The number of aromatic nitrogens is 3. The molecule has 0 saturated carbocycles. The molecule has 1 N–H and O–H groups in total. The van der Waals surface area contributed by atoms with Gasteiger partial charge in [-0.2, -0.15) is 13.2 Å². The molecule has 0 spiro atoms. The number of pyridine rings is 2. The summed E-state index contributed by atoms with van der Waals surface area (Å²) in [5.74, 6) is -3.35. The largest absolute Gasteiger partial charge is 0.482 e. The first kappa shape index (κ1) is 28.4. The van der Waals surface area contributed by atoms with Gasteiger partial charge in [0.2, 0.25) is 0 Å². The third-order valence-corrected chi connectivity index (χ3v) is 7.76. The Kier molecular flexibility index (Phi) is 7.69. The van der Waals surface area contributed by atoms with Crippen LogP contribution in [-0.4, -0.2) is 64.9 Å². The van der Waals surface area contributed by atoms with Gasteiger partial charge in [0.1, 0.15) is 39.4 Å². The van der Waals surface area contributed by atoms with E-state index >= 15 is 0 Å². The Hall–Kier alpha value is -3.56. The zero-order valence-electron chi connectivity index (χ0n) is 20.3. The van der Waals surface area contributed by atoms with E-state index in [0.717, 1.165) is 12.3 Å². The number of imidazole rings is 1. The number of hydrogen-bond acceptors (Lipinski definition) is 7. The van der Waals surface area contributed by atoms with Crippen LogP contribution in [0.4, 0.5) is 26.3 Å². The quantitative estimate of drug-likeness (QED) is 0.397. The zero-order valence-corrected chi connectivity index (χ0v) is 21.1. The first-order valence-electron chi connectivity index (χ1n) is 11.5. The molecule has 1 aliphatic heterocycles. The molecule has 1 saturated heterocycles. The molecule has 1 fully saturated rings. The molecule has 3 aromatic rings. The number of hydrogen-bond donors (Lipinski definition) is 1. The van der Waals surface area contributed by atoms with Crippen LogP contribution in [0.5, 0.6) is 17.4 Å². The van der Waals surface area contributed by atoms with Crippen molar-refractivity contribution in [2.75, 3.05) is 18.1 Å². The minimum absolute atomic E-state index is 0.0713. The fourth-order valence-electron chi connectivity index (χ4n) is 4.23. The Morgan fingerprint density at radius 2 is 1.92 bits per heavy atom. The van der Waals surface area contributed by atoms with E-state index in [0.29, 0.717) is 0 Å². The van der Waals surface area contributed by atoms with Crippen molar-refractivity contribution >= 4 is 21.4 Å². The van der Waals surface area contributed by atoms with Gasteiger partial charge in [-0.25, -0.2) is 31.6 Å². The highest BCUT2D eigenvalue weighted by atomic mass is 32.2. The Balaban J connectivity index is 1.59. The SMILES string of the molecule is Cc1c(C(=O)NC2(CC(F)(F)F)CCS(=O)(=O)CC2)nc2ccc(Oc3ncc(F)cc3OCC(F)F)cn12. The zero-order chi connectivity index (χ0) is 28.6. The summed E-state index contributed by atoms with van der Waals surface area (Å²) in [4.78, 5) is 21.0. The Labute approximate surface area is 218 Å². The summed E-state index contributed by atoms with van der Waals surface area (Å²) in [7, 11) is -3.51. The number of fused-ring (bicyclic) bond motifs is 1. The van der Waals surface area contributed by atoms with Crippen LogP contribution in [0, 0.1) is 12.7 Å². The molecule has 16 heteroatoms. The maximum Gasteiger partial charge on any atom is 0.391 e. The van der Waals surface area contributed by atoms with Gasteiger partial charge in [0.25, 0.3) is 18.2 Å². The third kappa shape index (κ3) is 6.91. The summed E-state index contributed by atoms with van der Waals surface area (Å²) in [5, 5.41) is 2.38. The number of alkyl halides is 5. The lowest BCUT2D eigenvalue weighted by molar-refractivity contribution is -0.150. The van der Waals surface area contributed by atoms with Gasteiger partial charge in [-0.15, -0.1) is 0 Å². The summed E-state index contributed by atoms with van der Waals surface area (Å²) < 4.78 is 114. The van der Waals surface area contributed by atoms with Gasteiger partial charge in [-0.05, 0) is 31.9 Å². The van der Waals surface area contributed by atoms with Crippen LogP contribution in [0.15, 0.2) is 30.6 Å². The number of rotatable bonds is 8. The predicted octanol–water partition coefficient (Wildman–Crippen LogP) is 4.24. The van der Waals surface area contributed by atoms with E-state index in [9.17, 15) is 39.6 Å². The fraction of sp³-hybridized carbons (Fsp3) is 0.435. The molecule has 3 aromatic heterocycles. The van der Waals surface area contributed by atoms with Crippen molar-refractivity contribution in [3.63, 3.8) is 0 Å². The van der Waals surface area contributed by atoms with Crippen molar-refractivity contribution in [2.24, 2.45) is 0 Å². The minimum Gasteiger partial charge on any atom is -0.482 e. The number of aryl methyl sites for hydroxylation is 1. The molecule has 4 heterocycles. The lowest BCUT2D eigenvalue weighted by Crippen LogP contribution is -2.55. The lowest BCUT2D eigenvalue weighted by Gasteiger charge is -2.38. The molecule has 0 unspecified atom stereocenters. The molecule has 39 heavy (non-hydrogen) atoms. The van der Waals surface area contributed by atoms with Crippen LogP contribution in [0.1, 0.15) is 35.4 Å². The molecule has 0 radical (unpaired) electrons. The molecule has 1 aliphatic rings. The van der Waals surface area contributed by atoms with Gasteiger partial charge < -0.3 is 14.8 Å². The van der Waals surface area contributed by atoms with Crippen molar-refractivity contribution in [2.45, 2.75) is 44.3 Å². The van der Waals surface area contributed by atoms with Gasteiger partial charge in [-0.3, -0.25) is 9.20 Å². The fourth-order valence-corrected chi connectivity index (χ4v) is 5.84. The second-order valence-corrected chi connectivity index (χ2v) is 11.4. The van der Waals surface area contributed by atoms with E-state index in [4.69, 9.17) is 9.47 Å². The van der Waals surface area contributed by atoms with E-state index in [-0.39, 0.29) is 34.4 Å². The predicted molar refractivity (Wildman–Crippen MR) is 124 cm³/mol. The molecule has 4 rings (SSSR count). The molecular formula is C23H22F6N4O5S. The molecule has 0 atom stereocenters. The van der Waals surface area contributed by atoms with Crippen LogP contribution in [-0.2, 0) is 9.84 Å². The monoisotopic (exact) mass is 580 g/mol. The second-order valence-electron chi connectivity index (χ2n) is 9.08. The smallest absolute Gasteiger partial charge is 0.391 e. The average Bonchev–Trinajstić information content (AvgIpc) is 3.16. The normalized spacial score (nSPS) is 16.8. The standard InChI is InChI=1S/C23H22F6N4O5S/c1-13-19(20(34)32-22(12-23(27,28)29)4-6-39(35,36)7-5-22)31-18-3-2-15(10-33(13)18)38-21-16(37-11-17(25)26)8-14(24)9-30-21/h2-3,8-10,17H,4-7,11-12H2,1H3,(H,32,34). The van der Waals surface area contributed by atoms with Crippen molar-refractivity contribution in [3.05, 3.63) is 47.8 Å². The molecule has 0 aliphatic carbocycles. The van der Waals surface area contributed by atoms with E-state index < -0.39 is 77.1 Å². The van der Waals surface area contributed by atoms with Gasteiger partial charge in [0, 0.05) is 6.07 Å². The topological polar surface area (TPSA) is 112 Å². The summed E-state index contributed by atoms with van der Waals surface area (Å²) in [5.41, 5.74) is -1.55. The summed E-state index contributed by atoms with van der Waals surface area (Å²) >= 11 is 0. The lowest BCUT2D eigenvalue weighted by atomic mass is 9.88. The van der Waals surface area contributed by atoms with Gasteiger partial charge in [0.05, 0.1) is 41.6 Å². The maximum absolute atomic E-state index is 13.5. The highest BCUT2D eigenvalue weighted by molar-refractivity contribution is 7.91. The average molecular weight is 581 g/mol. The molecule has 1 amide bonds. The van der Waals surface area contributed by atoms with Crippen LogP contribution in [0.3, 0.4) is 0 Å². The minimum atomic E-state index is -4.65. The summed E-state index contributed by atoms with van der Waals surface area (Å²) in [6, 6.07) is 3.63. The van der Waals surface area contributed by atoms with E-state index in [1.807, 2.05) is 0 Å². The molecule has 0 bridgehead atoms. The summed E-state index contributed by atoms with van der Waals surface area (Å²) in [6.07, 6.45) is -7.52. The van der Waals surface area contributed by atoms with Gasteiger partial charge in [0.15, 0.2) is 5.75 Å². The maximum atomic E-state index is 13.5. The van der Waals surface area contributed by atoms with Crippen molar-refractivity contribution < 1.29 is 49.0 Å². The number of sulfone groups is 1. The van der Waals surface area contributed by atoms with E-state index in [1.165, 1.54) is 29.7 Å². The first-order valence-corrected chi connectivity index (χ1v) is 13.3. The number of carbonyl (C=O) groups is 1. The Bertz CT molecular complexity index is 1480. The van der Waals surface area contributed by atoms with Gasteiger partial charge >= 0.3 is 6.18 Å². The highest BCUT2D eigenvalue weighted by Crippen LogP contribution is 2.36. The van der Waals surface area contributed by atoms with Crippen molar-refractivity contribution in [1.29, 1.82) is 0 Å². The second kappa shape index (κ2) is 10.5. The number of nitrogens with one attached hydrogen (secondary N) is 1. The van der Waals surface area contributed by atoms with Crippen molar-refractivity contribution in [3.8, 4) is 17.4 Å². The number of amides is 1. The first-order chi connectivity index (χ1) is 18.2. The molecule has 9 nitrogen and oxygen atoms in total. The van der Waals surface area contributed by atoms with Crippen molar-refractivity contribution in [1.82, 2.24) is 19.7 Å². The highest BCUT2D eigenvalue weighted by Gasteiger charge is 2.47. The van der Waals surface area contributed by atoms with Crippen LogP contribution < -0.4 is 14.8 Å². The number of carbonyl (C=O) groups excluding carboxylic acids is 1. The van der Waals surface area contributed by atoms with Crippen LogP contribution in [0.25, 0.3) is 5.65 Å².